The maximum Gasteiger partial charge on any atom is 0.227 e. The summed E-state index contributed by atoms with van der Waals surface area (Å²) in [4.78, 5) is 18.5. The molecule has 1 atom stereocenters. The van der Waals surface area contributed by atoms with E-state index in [1.165, 1.54) is 0 Å². The molecule has 0 spiro atoms. The SMILES string of the molecule is CCCNc1cncc(N2CCC(C)(C(=O)NC)C2)c1. The van der Waals surface area contributed by atoms with Gasteiger partial charge in [-0.3, -0.25) is 9.78 Å². The fourth-order valence-corrected chi connectivity index (χ4v) is 2.64. The standard InChI is InChI=1S/C15H24N4O/c1-4-6-18-12-8-13(10-17-9-12)19-7-5-15(2,11-19)14(20)16-3/h8-10,18H,4-7,11H2,1-3H3,(H,16,20). The molecule has 2 N–H and O–H groups in total. The lowest BCUT2D eigenvalue weighted by Gasteiger charge is -2.24. The van der Waals surface area contributed by atoms with Crippen molar-refractivity contribution in [2.24, 2.45) is 5.41 Å². The molecule has 5 nitrogen and oxygen atoms in total. The number of carbonyl (C=O) groups is 1. The van der Waals surface area contributed by atoms with Crippen molar-refractivity contribution in [3.8, 4) is 0 Å². The fourth-order valence-electron chi connectivity index (χ4n) is 2.64. The van der Waals surface area contributed by atoms with Gasteiger partial charge in [0.15, 0.2) is 0 Å². The van der Waals surface area contributed by atoms with Crippen LogP contribution >= 0.6 is 0 Å². The number of nitrogens with one attached hydrogen (secondary N) is 2. The number of hydrogen-bond donors (Lipinski definition) is 2. The summed E-state index contributed by atoms with van der Waals surface area (Å²) in [6, 6.07) is 2.11. The molecule has 1 fully saturated rings. The number of amides is 1. The molecule has 5 heteroatoms. The van der Waals surface area contributed by atoms with Crippen LogP contribution in [0.5, 0.6) is 0 Å². The molecule has 0 bridgehead atoms. The van der Waals surface area contributed by atoms with Crippen LogP contribution in [0.1, 0.15) is 26.7 Å². The molecule has 1 amide bonds. The van der Waals surface area contributed by atoms with Crippen molar-refractivity contribution < 1.29 is 4.79 Å². The molecule has 2 heterocycles. The summed E-state index contributed by atoms with van der Waals surface area (Å²) in [6.45, 7) is 6.74. The number of nitrogens with zero attached hydrogens (tertiary/aromatic N) is 2. The molecule has 110 valence electrons. The van der Waals surface area contributed by atoms with Crippen molar-refractivity contribution >= 4 is 17.3 Å². The highest BCUT2D eigenvalue weighted by molar-refractivity contribution is 5.83. The van der Waals surface area contributed by atoms with Crippen LogP contribution in [0.25, 0.3) is 0 Å². The van der Waals surface area contributed by atoms with Crippen LogP contribution in [0.3, 0.4) is 0 Å². The van der Waals surface area contributed by atoms with E-state index in [2.05, 4.69) is 33.5 Å². The Morgan fingerprint density at radius 1 is 1.50 bits per heavy atom. The third-order valence-electron chi connectivity index (χ3n) is 3.92. The summed E-state index contributed by atoms with van der Waals surface area (Å²) in [6.07, 6.45) is 5.67. The van der Waals surface area contributed by atoms with Gasteiger partial charge >= 0.3 is 0 Å². The summed E-state index contributed by atoms with van der Waals surface area (Å²) < 4.78 is 0. The van der Waals surface area contributed by atoms with Gasteiger partial charge in [0.05, 0.1) is 29.2 Å². The lowest BCUT2D eigenvalue weighted by molar-refractivity contribution is -0.128. The van der Waals surface area contributed by atoms with Crippen LogP contribution < -0.4 is 15.5 Å². The smallest absolute Gasteiger partial charge is 0.227 e. The second-order valence-corrected chi connectivity index (χ2v) is 5.67. The number of anilines is 2. The van der Waals surface area contributed by atoms with E-state index in [0.29, 0.717) is 0 Å². The first-order chi connectivity index (χ1) is 9.59. The highest BCUT2D eigenvalue weighted by Gasteiger charge is 2.39. The van der Waals surface area contributed by atoms with Crippen molar-refractivity contribution in [2.75, 3.05) is 36.9 Å². The van der Waals surface area contributed by atoms with Gasteiger partial charge in [-0.1, -0.05) is 6.92 Å². The zero-order valence-corrected chi connectivity index (χ0v) is 12.6. The number of aromatic nitrogens is 1. The first-order valence-electron chi connectivity index (χ1n) is 7.25. The third-order valence-corrected chi connectivity index (χ3v) is 3.92. The Morgan fingerprint density at radius 2 is 2.30 bits per heavy atom. The Bertz CT molecular complexity index is 477. The van der Waals surface area contributed by atoms with E-state index in [-0.39, 0.29) is 11.3 Å². The van der Waals surface area contributed by atoms with E-state index < -0.39 is 0 Å². The molecule has 1 aliphatic heterocycles. The van der Waals surface area contributed by atoms with Gasteiger partial charge in [0.1, 0.15) is 0 Å². The van der Waals surface area contributed by atoms with E-state index in [0.717, 1.165) is 43.9 Å². The maximum atomic E-state index is 12.0. The Hall–Kier alpha value is -1.78. The number of rotatable bonds is 5. The third kappa shape index (κ3) is 3.03. The molecule has 0 aliphatic carbocycles. The lowest BCUT2D eigenvalue weighted by atomic mass is 9.89. The van der Waals surface area contributed by atoms with Gasteiger partial charge in [0, 0.05) is 26.7 Å². The highest BCUT2D eigenvalue weighted by Crippen LogP contribution is 2.33. The molecular weight excluding hydrogens is 252 g/mol. The molecule has 1 saturated heterocycles. The van der Waals surface area contributed by atoms with Gasteiger partial charge in [-0.25, -0.2) is 0 Å². The largest absolute Gasteiger partial charge is 0.384 e. The monoisotopic (exact) mass is 276 g/mol. The van der Waals surface area contributed by atoms with Gasteiger partial charge in [-0.05, 0) is 25.8 Å². The Morgan fingerprint density at radius 3 is 3.00 bits per heavy atom. The van der Waals surface area contributed by atoms with E-state index >= 15 is 0 Å². The van der Waals surface area contributed by atoms with Gasteiger partial charge in [-0.15, -0.1) is 0 Å². The van der Waals surface area contributed by atoms with Crippen LogP contribution in [0.2, 0.25) is 0 Å². The van der Waals surface area contributed by atoms with E-state index in [1.54, 1.807) is 7.05 Å². The normalized spacial score (nSPS) is 21.9. The van der Waals surface area contributed by atoms with Crippen molar-refractivity contribution in [1.82, 2.24) is 10.3 Å². The van der Waals surface area contributed by atoms with Crippen molar-refractivity contribution in [3.63, 3.8) is 0 Å². The van der Waals surface area contributed by atoms with Crippen molar-refractivity contribution in [3.05, 3.63) is 18.5 Å². The molecule has 0 radical (unpaired) electrons. The second kappa shape index (κ2) is 6.11. The summed E-state index contributed by atoms with van der Waals surface area (Å²) in [5.41, 5.74) is 1.82. The minimum Gasteiger partial charge on any atom is -0.384 e. The molecule has 1 unspecified atom stereocenters. The molecule has 0 saturated carbocycles. The number of hydrogen-bond acceptors (Lipinski definition) is 4. The molecule has 1 aromatic rings. The molecule has 1 aliphatic rings. The molecule has 1 aromatic heterocycles. The average Bonchev–Trinajstić information content (AvgIpc) is 2.88. The highest BCUT2D eigenvalue weighted by atomic mass is 16.2. The summed E-state index contributed by atoms with van der Waals surface area (Å²) in [7, 11) is 1.70. The Balaban J connectivity index is 2.08. The quantitative estimate of drug-likeness (QED) is 0.862. The van der Waals surface area contributed by atoms with Crippen molar-refractivity contribution in [1.29, 1.82) is 0 Å². The van der Waals surface area contributed by atoms with Crippen LogP contribution in [-0.2, 0) is 4.79 Å². The topological polar surface area (TPSA) is 57.3 Å². The van der Waals surface area contributed by atoms with Gasteiger partial charge < -0.3 is 15.5 Å². The second-order valence-electron chi connectivity index (χ2n) is 5.67. The zero-order valence-electron chi connectivity index (χ0n) is 12.6. The van der Waals surface area contributed by atoms with Gasteiger partial charge in [0.2, 0.25) is 5.91 Å². The van der Waals surface area contributed by atoms with E-state index in [4.69, 9.17) is 0 Å². The van der Waals surface area contributed by atoms with E-state index in [1.807, 2.05) is 19.3 Å². The van der Waals surface area contributed by atoms with Crippen LogP contribution in [-0.4, -0.2) is 37.6 Å². The predicted molar refractivity (Wildman–Crippen MR) is 82.0 cm³/mol. The van der Waals surface area contributed by atoms with Gasteiger partial charge in [0.25, 0.3) is 0 Å². The Labute approximate surface area is 120 Å². The van der Waals surface area contributed by atoms with E-state index in [9.17, 15) is 4.79 Å². The number of pyridine rings is 1. The zero-order chi connectivity index (χ0) is 14.6. The number of carbonyl (C=O) groups excluding carboxylic acids is 1. The first kappa shape index (κ1) is 14.6. The lowest BCUT2D eigenvalue weighted by Crippen LogP contribution is -2.39. The Kier molecular flexibility index (Phi) is 4.47. The summed E-state index contributed by atoms with van der Waals surface area (Å²) in [5, 5.41) is 6.11. The first-order valence-corrected chi connectivity index (χ1v) is 7.25. The van der Waals surface area contributed by atoms with Crippen LogP contribution in [0, 0.1) is 5.41 Å². The molecular formula is C15H24N4O. The van der Waals surface area contributed by atoms with Crippen LogP contribution in [0.15, 0.2) is 18.5 Å². The summed E-state index contributed by atoms with van der Waals surface area (Å²) >= 11 is 0. The summed E-state index contributed by atoms with van der Waals surface area (Å²) in [5.74, 6) is 0.119. The predicted octanol–water partition coefficient (Wildman–Crippen LogP) is 1.87. The fraction of sp³-hybridized carbons (Fsp3) is 0.600. The van der Waals surface area contributed by atoms with Gasteiger partial charge in [-0.2, -0.15) is 0 Å². The molecule has 20 heavy (non-hydrogen) atoms. The average molecular weight is 276 g/mol. The molecule has 0 aromatic carbocycles. The molecule has 2 rings (SSSR count). The minimum atomic E-state index is -0.304. The van der Waals surface area contributed by atoms with Crippen molar-refractivity contribution in [2.45, 2.75) is 26.7 Å². The minimum absolute atomic E-state index is 0.119. The van der Waals surface area contributed by atoms with Crippen LogP contribution in [0.4, 0.5) is 11.4 Å². The maximum absolute atomic E-state index is 12.0.